The van der Waals surface area contributed by atoms with Crippen molar-refractivity contribution in [3.05, 3.63) is 0 Å². The molecule has 0 rings (SSSR count). The molecule has 2 atom stereocenters. The van der Waals surface area contributed by atoms with Crippen molar-refractivity contribution in [3.8, 4) is 0 Å². The Morgan fingerprint density at radius 2 is 1.60 bits per heavy atom. The van der Waals surface area contributed by atoms with E-state index < -0.39 is 0 Å². The van der Waals surface area contributed by atoms with Crippen LogP contribution in [0, 0.1) is 11.8 Å². The first-order chi connectivity index (χ1) is 6.97. The lowest BCUT2D eigenvalue weighted by atomic mass is 10.0. The van der Waals surface area contributed by atoms with Crippen LogP contribution in [-0.2, 0) is 0 Å². The number of aliphatic hydroxyl groups excluding tert-OH is 1. The Kier molecular flexibility index (Phi) is 8.07. The topological polar surface area (TPSA) is 32.3 Å². The van der Waals surface area contributed by atoms with E-state index in [1.807, 2.05) is 0 Å². The quantitative estimate of drug-likeness (QED) is 0.652. The Morgan fingerprint density at radius 3 is 2.00 bits per heavy atom. The molecule has 0 bridgehead atoms. The van der Waals surface area contributed by atoms with Crippen molar-refractivity contribution in [3.63, 3.8) is 0 Å². The minimum Gasteiger partial charge on any atom is -0.395 e. The van der Waals surface area contributed by atoms with E-state index in [-0.39, 0.29) is 12.6 Å². The summed E-state index contributed by atoms with van der Waals surface area (Å²) in [5.74, 6) is 1.30. The first kappa shape index (κ1) is 14.9. The van der Waals surface area contributed by atoms with Crippen LogP contribution in [0.5, 0.6) is 0 Å². The first-order valence-electron chi connectivity index (χ1n) is 6.34. The summed E-state index contributed by atoms with van der Waals surface area (Å²) in [4.78, 5) is 0. The summed E-state index contributed by atoms with van der Waals surface area (Å²) in [6.45, 7) is 11.3. The van der Waals surface area contributed by atoms with Gasteiger partial charge >= 0.3 is 0 Å². The van der Waals surface area contributed by atoms with Gasteiger partial charge in [0, 0.05) is 12.1 Å². The molecular weight excluding hydrogens is 186 g/mol. The summed E-state index contributed by atoms with van der Waals surface area (Å²) in [6.07, 6.45) is 3.79. The second-order valence-corrected chi connectivity index (χ2v) is 5.43. The van der Waals surface area contributed by atoms with E-state index in [0.717, 1.165) is 5.92 Å². The third kappa shape index (κ3) is 7.80. The standard InChI is InChI=1S/C13H29NO/c1-10(2)7-6-8-12(5)14-13(9-15)11(3)4/h10-15H,6-9H2,1-5H3/t12?,13-/m1/s1. The van der Waals surface area contributed by atoms with Crippen LogP contribution in [0.15, 0.2) is 0 Å². The van der Waals surface area contributed by atoms with E-state index in [1.54, 1.807) is 0 Å². The van der Waals surface area contributed by atoms with Crippen LogP contribution in [0.4, 0.5) is 0 Å². The van der Waals surface area contributed by atoms with Gasteiger partial charge in [0.05, 0.1) is 6.61 Å². The third-order valence-corrected chi connectivity index (χ3v) is 2.92. The fourth-order valence-electron chi connectivity index (χ4n) is 1.74. The second kappa shape index (κ2) is 8.12. The summed E-state index contributed by atoms with van der Waals surface area (Å²) in [6, 6.07) is 0.766. The van der Waals surface area contributed by atoms with Gasteiger partial charge in [0.15, 0.2) is 0 Å². The number of hydrogen-bond donors (Lipinski definition) is 2. The third-order valence-electron chi connectivity index (χ3n) is 2.92. The lowest BCUT2D eigenvalue weighted by Crippen LogP contribution is -2.42. The van der Waals surface area contributed by atoms with Gasteiger partial charge in [-0.2, -0.15) is 0 Å². The van der Waals surface area contributed by atoms with Crippen molar-refractivity contribution in [2.75, 3.05) is 6.61 Å². The minimum atomic E-state index is 0.242. The van der Waals surface area contributed by atoms with E-state index in [4.69, 9.17) is 0 Å². The molecule has 0 heterocycles. The molecule has 0 aliphatic carbocycles. The predicted octanol–water partition coefficient (Wildman–Crippen LogP) is 2.81. The van der Waals surface area contributed by atoms with Crippen molar-refractivity contribution in [1.29, 1.82) is 0 Å². The van der Waals surface area contributed by atoms with Gasteiger partial charge < -0.3 is 10.4 Å². The van der Waals surface area contributed by atoms with Gasteiger partial charge in [-0.25, -0.2) is 0 Å². The molecule has 2 N–H and O–H groups in total. The van der Waals surface area contributed by atoms with Crippen LogP contribution in [-0.4, -0.2) is 23.8 Å². The summed E-state index contributed by atoms with van der Waals surface area (Å²) in [5, 5.41) is 12.7. The van der Waals surface area contributed by atoms with Gasteiger partial charge in [0.2, 0.25) is 0 Å². The van der Waals surface area contributed by atoms with Crippen LogP contribution in [0.3, 0.4) is 0 Å². The molecule has 0 saturated carbocycles. The molecule has 2 heteroatoms. The van der Waals surface area contributed by atoms with Gasteiger partial charge in [-0.05, 0) is 25.2 Å². The van der Waals surface area contributed by atoms with Gasteiger partial charge in [-0.1, -0.05) is 40.5 Å². The predicted molar refractivity (Wildman–Crippen MR) is 67.0 cm³/mol. The second-order valence-electron chi connectivity index (χ2n) is 5.43. The monoisotopic (exact) mass is 215 g/mol. The summed E-state index contributed by atoms with van der Waals surface area (Å²) < 4.78 is 0. The highest BCUT2D eigenvalue weighted by Gasteiger charge is 2.14. The Hall–Kier alpha value is -0.0800. The molecule has 0 aromatic heterocycles. The van der Waals surface area contributed by atoms with Crippen LogP contribution in [0.25, 0.3) is 0 Å². The number of nitrogens with one attached hydrogen (secondary N) is 1. The van der Waals surface area contributed by atoms with Crippen molar-refractivity contribution in [2.45, 2.75) is 66.0 Å². The molecule has 0 aliphatic heterocycles. The highest BCUT2D eigenvalue weighted by atomic mass is 16.3. The highest BCUT2D eigenvalue weighted by Crippen LogP contribution is 2.10. The molecule has 92 valence electrons. The highest BCUT2D eigenvalue weighted by molar-refractivity contribution is 4.73. The zero-order valence-electron chi connectivity index (χ0n) is 11.1. The van der Waals surface area contributed by atoms with Crippen molar-refractivity contribution < 1.29 is 5.11 Å². The van der Waals surface area contributed by atoms with Crippen LogP contribution in [0.2, 0.25) is 0 Å². The van der Waals surface area contributed by atoms with E-state index in [2.05, 4.69) is 39.9 Å². The van der Waals surface area contributed by atoms with Crippen molar-refractivity contribution in [1.82, 2.24) is 5.32 Å². The summed E-state index contributed by atoms with van der Waals surface area (Å²) >= 11 is 0. The molecule has 0 aromatic rings. The average Bonchev–Trinajstić information content (AvgIpc) is 2.13. The number of hydrogen-bond acceptors (Lipinski definition) is 2. The largest absolute Gasteiger partial charge is 0.395 e. The van der Waals surface area contributed by atoms with E-state index >= 15 is 0 Å². The fraction of sp³-hybridized carbons (Fsp3) is 1.00. The van der Waals surface area contributed by atoms with Gasteiger partial charge in [0.25, 0.3) is 0 Å². The van der Waals surface area contributed by atoms with Gasteiger partial charge in [-0.3, -0.25) is 0 Å². The number of rotatable bonds is 8. The zero-order valence-corrected chi connectivity index (χ0v) is 11.1. The van der Waals surface area contributed by atoms with Crippen LogP contribution < -0.4 is 5.32 Å². The van der Waals surface area contributed by atoms with E-state index in [0.29, 0.717) is 12.0 Å². The lowest BCUT2D eigenvalue weighted by Gasteiger charge is -2.24. The maximum atomic E-state index is 9.20. The van der Waals surface area contributed by atoms with E-state index in [9.17, 15) is 5.11 Å². The molecule has 0 aliphatic rings. The average molecular weight is 215 g/mol. The summed E-state index contributed by atoms with van der Waals surface area (Å²) in [7, 11) is 0. The molecule has 0 saturated heterocycles. The molecule has 0 aromatic carbocycles. The lowest BCUT2D eigenvalue weighted by molar-refractivity contribution is 0.198. The van der Waals surface area contributed by atoms with Crippen molar-refractivity contribution in [2.24, 2.45) is 11.8 Å². The van der Waals surface area contributed by atoms with Crippen molar-refractivity contribution >= 4 is 0 Å². The molecule has 0 amide bonds. The number of aliphatic hydroxyl groups is 1. The van der Waals surface area contributed by atoms with Crippen LogP contribution >= 0.6 is 0 Å². The zero-order chi connectivity index (χ0) is 11.8. The molecule has 0 radical (unpaired) electrons. The van der Waals surface area contributed by atoms with Crippen LogP contribution in [0.1, 0.15) is 53.9 Å². The smallest absolute Gasteiger partial charge is 0.0587 e. The fourth-order valence-corrected chi connectivity index (χ4v) is 1.74. The Labute approximate surface area is 95.5 Å². The normalized spacial score (nSPS) is 16.0. The minimum absolute atomic E-state index is 0.242. The Balaban J connectivity index is 3.66. The van der Waals surface area contributed by atoms with Gasteiger partial charge in [-0.15, -0.1) is 0 Å². The van der Waals surface area contributed by atoms with E-state index in [1.165, 1.54) is 19.3 Å². The Morgan fingerprint density at radius 1 is 1.00 bits per heavy atom. The Bertz CT molecular complexity index is 145. The molecule has 15 heavy (non-hydrogen) atoms. The van der Waals surface area contributed by atoms with Gasteiger partial charge in [0.1, 0.15) is 0 Å². The molecular formula is C13H29NO. The molecule has 1 unspecified atom stereocenters. The molecule has 0 spiro atoms. The summed E-state index contributed by atoms with van der Waals surface area (Å²) in [5.41, 5.74) is 0. The maximum Gasteiger partial charge on any atom is 0.0587 e. The maximum absolute atomic E-state index is 9.20. The molecule has 0 fully saturated rings. The molecule has 2 nitrogen and oxygen atoms in total. The SMILES string of the molecule is CC(C)CCCC(C)N[C@H](CO)C(C)C. The first-order valence-corrected chi connectivity index (χ1v) is 6.34.